The van der Waals surface area contributed by atoms with E-state index in [1.54, 1.807) is 6.20 Å². The third-order valence-electron chi connectivity index (χ3n) is 3.29. The minimum Gasteiger partial charge on any atom is -0.342 e. The summed E-state index contributed by atoms with van der Waals surface area (Å²) in [5.41, 5.74) is 3.72. The van der Waals surface area contributed by atoms with Gasteiger partial charge in [0.25, 0.3) is 0 Å². The number of Topliss-reactive ketones (excluding diaryl/α,β-unsaturated/α-hetero) is 1. The molecule has 4 heteroatoms. The van der Waals surface area contributed by atoms with Crippen molar-refractivity contribution in [2.24, 2.45) is 0 Å². The van der Waals surface area contributed by atoms with E-state index in [4.69, 9.17) is 11.6 Å². The molecule has 3 aromatic rings. The van der Waals surface area contributed by atoms with Crippen LogP contribution in [0.1, 0.15) is 16.1 Å². The predicted molar refractivity (Wildman–Crippen MR) is 83.5 cm³/mol. The fourth-order valence-corrected chi connectivity index (χ4v) is 2.27. The van der Waals surface area contributed by atoms with E-state index in [-0.39, 0.29) is 5.78 Å². The number of aromatic nitrogens is 2. The molecule has 0 unspecified atom stereocenters. The molecule has 0 aliphatic rings. The summed E-state index contributed by atoms with van der Waals surface area (Å²) >= 11 is 5.88. The molecule has 0 fully saturated rings. The highest BCUT2D eigenvalue weighted by Crippen LogP contribution is 2.22. The van der Waals surface area contributed by atoms with Crippen LogP contribution >= 0.6 is 11.6 Å². The maximum atomic E-state index is 12.0. The molecule has 1 heterocycles. The summed E-state index contributed by atoms with van der Waals surface area (Å²) in [6.07, 6.45) is 3.42. The number of carbonyl (C=O) groups excluding carboxylic acids is 1. The van der Waals surface area contributed by atoms with Gasteiger partial charge in [-0.15, -0.1) is 0 Å². The zero-order valence-electron chi connectivity index (χ0n) is 11.2. The molecule has 3 rings (SSSR count). The molecule has 0 radical (unpaired) electrons. The number of H-pyrrole nitrogens is 1. The molecule has 3 nitrogen and oxygen atoms in total. The number of halogens is 1. The number of rotatable bonds is 4. The highest BCUT2D eigenvalue weighted by atomic mass is 35.5. The molecule has 0 bridgehead atoms. The van der Waals surface area contributed by atoms with Crippen LogP contribution in [0.4, 0.5) is 0 Å². The molecule has 104 valence electrons. The second-order valence-corrected chi connectivity index (χ2v) is 5.21. The van der Waals surface area contributed by atoms with Gasteiger partial charge in [0.2, 0.25) is 0 Å². The average Bonchev–Trinajstić information content (AvgIpc) is 3.03. The minimum absolute atomic E-state index is 0.0340. The first-order valence-electron chi connectivity index (χ1n) is 6.59. The molecule has 1 N–H and O–H groups in total. The lowest BCUT2D eigenvalue weighted by Gasteiger charge is -2.04. The summed E-state index contributed by atoms with van der Waals surface area (Å²) < 4.78 is 0. The van der Waals surface area contributed by atoms with Crippen LogP contribution in [-0.2, 0) is 6.42 Å². The molecular weight excluding hydrogens is 284 g/mol. The normalized spacial score (nSPS) is 10.5. The smallest absolute Gasteiger partial charge is 0.184 e. The quantitative estimate of drug-likeness (QED) is 0.735. The van der Waals surface area contributed by atoms with Crippen LogP contribution in [-0.4, -0.2) is 15.8 Å². The number of carbonyl (C=O) groups is 1. The van der Waals surface area contributed by atoms with E-state index in [0.717, 1.165) is 21.7 Å². The van der Waals surface area contributed by atoms with E-state index in [1.165, 1.54) is 6.33 Å². The molecule has 0 saturated heterocycles. The molecule has 0 saturated carbocycles. The standard InChI is InChI=1S/C17H13ClN2O/c18-15-7-5-14(6-8-15)13-3-1-12(2-4-13)9-17(21)16-10-19-11-20-16/h1-8,10-11H,9H2,(H,19,20). The van der Waals surface area contributed by atoms with Crippen molar-refractivity contribution >= 4 is 17.4 Å². The van der Waals surface area contributed by atoms with Gasteiger partial charge in [-0.1, -0.05) is 48.0 Å². The van der Waals surface area contributed by atoms with Gasteiger partial charge in [-0.3, -0.25) is 4.79 Å². The predicted octanol–water partition coefficient (Wildman–Crippen LogP) is 4.16. The van der Waals surface area contributed by atoms with E-state index in [0.29, 0.717) is 12.1 Å². The Labute approximate surface area is 127 Å². The fourth-order valence-electron chi connectivity index (χ4n) is 2.15. The lowest BCUT2D eigenvalue weighted by atomic mass is 10.0. The van der Waals surface area contributed by atoms with Crippen LogP contribution in [0, 0.1) is 0 Å². The Balaban J connectivity index is 1.75. The van der Waals surface area contributed by atoms with Crippen LogP contribution < -0.4 is 0 Å². The summed E-state index contributed by atoms with van der Waals surface area (Å²) in [6, 6.07) is 15.7. The Hall–Kier alpha value is -2.39. The number of benzene rings is 2. The Morgan fingerprint density at radius 1 is 1.00 bits per heavy atom. The molecule has 2 aromatic carbocycles. The first-order valence-corrected chi connectivity index (χ1v) is 6.96. The number of ketones is 1. The van der Waals surface area contributed by atoms with Crippen LogP contribution in [0.5, 0.6) is 0 Å². The van der Waals surface area contributed by atoms with Gasteiger partial charge >= 0.3 is 0 Å². The lowest BCUT2D eigenvalue weighted by Crippen LogP contribution is -2.03. The monoisotopic (exact) mass is 296 g/mol. The second-order valence-electron chi connectivity index (χ2n) is 4.77. The van der Waals surface area contributed by atoms with Crippen LogP contribution in [0.15, 0.2) is 61.1 Å². The van der Waals surface area contributed by atoms with E-state index in [9.17, 15) is 4.79 Å². The zero-order valence-corrected chi connectivity index (χ0v) is 12.0. The Kier molecular flexibility index (Phi) is 3.84. The van der Waals surface area contributed by atoms with E-state index >= 15 is 0 Å². The Morgan fingerprint density at radius 3 is 2.19 bits per heavy atom. The molecule has 0 spiro atoms. The fraction of sp³-hybridized carbons (Fsp3) is 0.0588. The molecule has 0 atom stereocenters. The van der Waals surface area contributed by atoms with Crippen molar-refractivity contribution in [3.63, 3.8) is 0 Å². The molecular formula is C17H13ClN2O. The van der Waals surface area contributed by atoms with Gasteiger partial charge in [0, 0.05) is 11.4 Å². The van der Waals surface area contributed by atoms with Gasteiger partial charge in [-0.25, -0.2) is 4.98 Å². The zero-order chi connectivity index (χ0) is 14.7. The third kappa shape index (κ3) is 3.20. The number of imidazole rings is 1. The van der Waals surface area contributed by atoms with Gasteiger partial charge in [0.1, 0.15) is 5.69 Å². The summed E-state index contributed by atoms with van der Waals surface area (Å²) in [4.78, 5) is 18.7. The largest absolute Gasteiger partial charge is 0.342 e. The van der Waals surface area contributed by atoms with Gasteiger partial charge in [0.15, 0.2) is 5.78 Å². The number of hydrogen-bond donors (Lipinski definition) is 1. The average molecular weight is 297 g/mol. The maximum Gasteiger partial charge on any atom is 0.184 e. The van der Waals surface area contributed by atoms with Crippen LogP contribution in [0.25, 0.3) is 11.1 Å². The van der Waals surface area contributed by atoms with Gasteiger partial charge in [-0.05, 0) is 28.8 Å². The van der Waals surface area contributed by atoms with Crippen LogP contribution in [0.3, 0.4) is 0 Å². The Morgan fingerprint density at radius 2 is 1.62 bits per heavy atom. The first-order chi connectivity index (χ1) is 10.2. The number of nitrogens with zero attached hydrogens (tertiary/aromatic N) is 1. The van der Waals surface area contributed by atoms with E-state index in [1.807, 2.05) is 48.5 Å². The van der Waals surface area contributed by atoms with Crippen molar-refractivity contribution < 1.29 is 4.79 Å². The SMILES string of the molecule is O=C(Cc1ccc(-c2ccc(Cl)cc2)cc1)c1cnc[nH]1. The van der Waals surface area contributed by atoms with Crippen molar-refractivity contribution in [2.75, 3.05) is 0 Å². The maximum absolute atomic E-state index is 12.0. The molecule has 0 aliphatic heterocycles. The van der Waals surface area contributed by atoms with E-state index < -0.39 is 0 Å². The van der Waals surface area contributed by atoms with E-state index in [2.05, 4.69) is 9.97 Å². The molecule has 0 aliphatic carbocycles. The van der Waals surface area contributed by atoms with Crippen molar-refractivity contribution in [3.8, 4) is 11.1 Å². The van der Waals surface area contributed by atoms with Gasteiger partial charge in [-0.2, -0.15) is 0 Å². The molecule has 21 heavy (non-hydrogen) atoms. The van der Waals surface area contributed by atoms with Crippen LogP contribution in [0.2, 0.25) is 5.02 Å². The number of hydrogen-bond acceptors (Lipinski definition) is 2. The molecule has 0 amide bonds. The lowest BCUT2D eigenvalue weighted by molar-refractivity contribution is 0.0988. The van der Waals surface area contributed by atoms with Crippen molar-refractivity contribution in [2.45, 2.75) is 6.42 Å². The second kappa shape index (κ2) is 5.94. The van der Waals surface area contributed by atoms with Gasteiger partial charge < -0.3 is 4.98 Å². The first kappa shape index (κ1) is 13.6. The summed E-state index contributed by atoms with van der Waals surface area (Å²) in [5, 5.41) is 0.723. The number of aromatic amines is 1. The Bertz CT molecular complexity index is 731. The van der Waals surface area contributed by atoms with Crippen molar-refractivity contribution in [3.05, 3.63) is 77.3 Å². The topological polar surface area (TPSA) is 45.8 Å². The summed E-state index contributed by atoms with van der Waals surface area (Å²) in [7, 11) is 0. The number of nitrogens with one attached hydrogen (secondary N) is 1. The highest BCUT2D eigenvalue weighted by Gasteiger charge is 2.08. The van der Waals surface area contributed by atoms with Gasteiger partial charge in [0.05, 0.1) is 12.5 Å². The summed E-state index contributed by atoms with van der Waals surface area (Å²) in [5.74, 6) is 0.0340. The molecule has 1 aromatic heterocycles. The highest BCUT2D eigenvalue weighted by molar-refractivity contribution is 6.30. The van der Waals surface area contributed by atoms with Crippen molar-refractivity contribution in [1.82, 2.24) is 9.97 Å². The minimum atomic E-state index is 0.0340. The third-order valence-corrected chi connectivity index (χ3v) is 3.55. The van der Waals surface area contributed by atoms with Crippen molar-refractivity contribution in [1.29, 1.82) is 0 Å². The summed E-state index contributed by atoms with van der Waals surface area (Å²) in [6.45, 7) is 0.